The van der Waals surface area contributed by atoms with Crippen LogP contribution < -0.4 is 10.1 Å². The average molecular weight is 429 g/mol. The molecule has 2 heterocycles. The molecule has 0 aliphatic carbocycles. The highest BCUT2D eigenvalue weighted by Gasteiger charge is 2.35. The van der Waals surface area contributed by atoms with E-state index < -0.39 is 12.2 Å². The molecule has 1 fully saturated rings. The number of fused-ring (bicyclic) bond motifs is 1. The molecule has 1 aliphatic rings. The fourth-order valence-corrected chi connectivity index (χ4v) is 4.03. The van der Waals surface area contributed by atoms with Gasteiger partial charge in [0.1, 0.15) is 5.75 Å². The Kier molecular flexibility index (Phi) is 6.18. The van der Waals surface area contributed by atoms with Crippen molar-refractivity contribution < 1.29 is 23.0 Å². The largest absolute Gasteiger partial charge is 0.494 e. The molecule has 0 radical (unpaired) electrons. The Hall–Kier alpha value is -3.00. The van der Waals surface area contributed by atoms with Crippen molar-refractivity contribution in [3.63, 3.8) is 0 Å². The van der Waals surface area contributed by atoms with Crippen molar-refractivity contribution in [2.45, 2.75) is 31.6 Å². The summed E-state index contributed by atoms with van der Waals surface area (Å²) in [4.78, 5) is 19.3. The first-order valence-corrected chi connectivity index (χ1v) is 10.4. The summed E-state index contributed by atoms with van der Waals surface area (Å²) in [6.07, 6.45) is -1.11. The number of aromatic amines is 1. The number of carbonyl (C=O) groups is 1. The van der Waals surface area contributed by atoms with Crippen LogP contribution >= 0.6 is 0 Å². The third-order valence-electron chi connectivity index (χ3n) is 5.78. The second-order valence-electron chi connectivity index (χ2n) is 7.69. The Bertz CT molecular complexity index is 1040. The third-order valence-corrected chi connectivity index (χ3v) is 5.78. The number of amides is 1. The maximum atomic E-state index is 12.9. The van der Waals surface area contributed by atoms with Gasteiger partial charge in [0, 0.05) is 30.7 Å². The summed E-state index contributed by atoms with van der Waals surface area (Å²) in [6, 6.07) is 12.7. The van der Waals surface area contributed by atoms with E-state index in [4.69, 9.17) is 9.47 Å². The molecule has 31 heavy (non-hydrogen) atoms. The van der Waals surface area contributed by atoms with Gasteiger partial charge >= 0.3 is 0 Å². The first-order valence-electron chi connectivity index (χ1n) is 10.4. The molecular formula is C23H25F2N3O3. The Morgan fingerprint density at radius 1 is 1.23 bits per heavy atom. The number of carbonyl (C=O) groups excluding carboxylic acids is 1. The monoisotopic (exact) mass is 429 g/mol. The molecule has 1 amide bonds. The van der Waals surface area contributed by atoms with Gasteiger partial charge in [0.15, 0.2) is 5.82 Å². The van der Waals surface area contributed by atoms with Crippen molar-refractivity contribution in [3.05, 3.63) is 59.4 Å². The van der Waals surface area contributed by atoms with Crippen LogP contribution in [-0.4, -0.2) is 42.2 Å². The highest BCUT2D eigenvalue weighted by atomic mass is 19.3. The number of aromatic nitrogens is 2. The Balaban J connectivity index is 1.51. The van der Waals surface area contributed by atoms with Crippen LogP contribution in [0.1, 0.15) is 47.9 Å². The van der Waals surface area contributed by atoms with Crippen LogP contribution in [0.15, 0.2) is 42.5 Å². The van der Waals surface area contributed by atoms with E-state index in [1.54, 1.807) is 18.2 Å². The van der Waals surface area contributed by atoms with Gasteiger partial charge in [-0.25, -0.2) is 13.8 Å². The number of rotatable bonds is 7. The highest BCUT2D eigenvalue weighted by Crippen LogP contribution is 2.35. The van der Waals surface area contributed by atoms with Crippen molar-refractivity contribution in [3.8, 4) is 5.75 Å². The lowest BCUT2D eigenvalue weighted by Gasteiger charge is -2.38. The van der Waals surface area contributed by atoms with Crippen molar-refractivity contribution in [1.82, 2.24) is 15.3 Å². The molecule has 3 aromatic rings. The second kappa shape index (κ2) is 9.01. The molecule has 1 aromatic heterocycles. The molecule has 2 N–H and O–H groups in total. The minimum absolute atomic E-state index is 0.237. The van der Waals surface area contributed by atoms with Crippen LogP contribution in [0.4, 0.5) is 8.78 Å². The SMILES string of the molecule is CCOc1ccc(C2(CNC(=O)c3ccc4nc(C(F)F)[nH]c4c3)CCOCC2)cc1. The van der Waals surface area contributed by atoms with E-state index in [1.807, 2.05) is 31.2 Å². The molecule has 0 saturated carbocycles. The van der Waals surface area contributed by atoms with Gasteiger partial charge in [-0.1, -0.05) is 12.1 Å². The second-order valence-corrected chi connectivity index (χ2v) is 7.69. The summed E-state index contributed by atoms with van der Waals surface area (Å²) in [5.74, 6) is 0.157. The van der Waals surface area contributed by atoms with Crippen LogP contribution in [-0.2, 0) is 10.2 Å². The number of nitrogens with one attached hydrogen (secondary N) is 2. The molecule has 0 unspecified atom stereocenters. The van der Waals surface area contributed by atoms with E-state index in [0.29, 0.717) is 43.0 Å². The van der Waals surface area contributed by atoms with Crippen molar-refractivity contribution in [2.75, 3.05) is 26.4 Å². The van der Waals surface area contributed by atoms with E-state index >= 15 is 0 Å². The fraction of sp³-hybridized carbons (Fsp3) is 0.391. The molecule has 2 aromatic carbocycles. The van der Waals surface area contributed by atoms with Gasteiger partial charge in [-0.2, -0.15) is 0 Å². The van der Waals surface area contributed by atoms with Gasteiger partial charge in [0.2, 0.25) is 0 Å². The normalized spacial score (nSPS) is 15.9. The molecular weight excluding hydrogens is 404 g/mol. The maximum Gasteiger partial charge on any atom is 0.295 e. The van der Waals surface area contributed by atoms with Crippen LogP contribution in [0, 0.1) is 0 Å². The quantitative estimate of drug-likeness (QED) is 0.585. The minimum Gasteiger partial charge on any atom is -0.494 e. The molecule has 6 nitrogen and oxygen atoms in total. The van der Waals surface area contributed by atoms with Gasteiger partial charge in [-0.05, 0) is 55.7 Å². The zero-order chi connectivity index (χ0) is 21.8. The maximum absolute atomic E-state index is 12.9. The van der Waals surface area contributed by atoms with E-state index in [-0.39, 0.29) is 11.3 Å². The number of H-pyrrole nitrogens is 1. The van der Waals surface area contributed by atoms with Gasteiger partial charge < -0.3 is 19.8 Å². The lowest BCUT2D eigenvalue weighted by Crippen LogP contribution is -2.44. The summed E-state index contributed by atoms with van der Waals surface area (Å²) in [6.45, 7) is 4.25. The van der Waals surface area contributed by atoms with Crippen molar-refractivity contribution in [1.29, 1.82) is 0 Å². The Morgan fingerprint density at radius 2 is 1.97 bits per heavy atom. The number of alkyl halides is 2. The first kappa shape index (κ1) is 21.2. The van der Waals surface area contributed by atoms with Crippen LogP contribution in [0.25, 0.3) is 11.0 Å². The highest BCUT2D eigenvalue weighted by molar-refractivity contribution is 5.97. The molecule has 0 atom stereocenters. The lowest BCUT2D eigenvalue weighted by molar-refractivity contribution is 0.0487. The number of hydrogen-bond donors (Lipinski definition) is 2. The standard InChI is InChI=1S/C23H25F2N3O3/c1-2-31-17-6-4-16(5-7-17)23(9-11-30-12-10-23)14-26-22(29)15-3-8-18-19(13-15)28-21(27-18)20(24)25/h3-8,13,20H,2,9-12,14H2,1H3,(H,26,29)(H,27,28). The van der Waals surface area contributed by atoms with Gasteiger partial charge in [-0.3, -0.25) is 4.79 Å². The van der Waals surface area contributed by atoms with Crippen LogP contribution in [0.2, 0.25) is 0 Å². The minimum atomic E-state index is -2.69. The summed E-state index contributed by atoms with van der Waals surface area (Å²) in [5, 5.41) is 3.03. The first-order chi connectivity index (χ1) is 15.0. The van der Waals surface area contributed by atoms with E-state index in [1.165, 1.54) is 0 Å². The smallest absolute Gasteiger partial charge is 0.295 e. The number of hydrogen-bond acceptors (Lipinski definition) is 4. The third kappa shape index (κ3) is 4.54. The summed E-state index contributed by atoms with van der Waals surface area (Å²) < 4.78 is 36.8. The van der Waals surface area contributed by atoms with Crippen LogP contribution in [0.3, 0.4) is 0 Å². The summed E-state index contributed by atoms with van der Waals surface area (Å²) >= 11 is 0. The average Bonchev–Trinajstić information content (AvgIpc) is 3.23. The number of imidazole rings is 1. The lowest BCUT2D eigenvalue weighted by atomic mass is 9.74. The molecule has 8 heteroatoms. The Morgan fingerprint density at radius 3 is 2.65 bits per heavy atom. The van der Waals surface area contributed by atoms with Crippen molar-refractivity contribution in [2.24, 2.45) is 0 Å². The topological polar surface area (TPSA) is 76.2 Å². The van der Waals surface area contributed by atoms with Crippen molar-refractivity contribution >= 4 is 16.9 Å². The molecule has 164 valence electrons. The predicted molar refractivity (Wildman–Crippen MR) is 113 cm³/mol. The zero-order valence-corrected chi connectivity index (χ0v) is 17.3. The van der Waals surface area contributed by atoms with Gasteiger partial charge in [0.05, 0.1) is 17.6 Å². The molecule has 1 aliphatic heterocycles. The van der Waals surface area contributed by atoms with Gasteiger partial charge in [-0.15, -0.1) is 0 Å². The molecule has 0 spiro atoms. The summed E-state index contributed by atoms with van der Waals surface area (Å²) in [5.41, 5.74) is 2.10. The number of ether oxygens (including phenoxy) is 2. The van der Waals surface area contributed by atoms with E-state index in [0.717, 1.165) is 24.2 Å². The van der Waals surface area contributed by atoms with E-state index in [2.05, 4.69) is 15.3 Å². The molecule has 0 bridgehead atoms. The summed E-state index contributed by atoms with van der Waals surface area (Å²) in [7, 11) is 0. The predicted octanol–water partition coefficient (Wildman–Crippen LogP) is 4.38. The van der Waals surface area contributed by atoms with E-state index in [9.17, 15) is 13.6 Å². The van der Waals surface area contributed by atoms with Gasteiger partial charge in [0.25, 0.3) is 12.3 Å². The number of nitrogens with zero attached hydrogens (tertiary/aromatic N) is 1. The molecule has 1 saturated heterocycles. The number of halogens is 2. The Labute approximate surface area is 179 Å². The zero-order valence-electron chi connectivity index (χ0n) is 17.3. The van der Waals surface area contributed by atoms with Crippen LogP contribution in [0.5, 0.6) is 5.75 Å². The number of benzene rings is 2. The molecule has 4 rings (SSSR count). The fourth-order valence-electron chi connectivity index (χ4n) is 4.03.